The normalized spacial score (nSPS) is 10.4. The van der Waals surface area contributed by atoms with Gasteiger partial charge in [0.25, 0.3) is 0 Å². The van der Waals surface area contributed by atoms with Gasteiger partial charge in [0.15, 0.2) is 5.60 Å². The molecule has 0 aliphatic rings. The molecular formula is C8H9N3O. The fourth-order valence-electron chi connectivity index (χ4n) is 0.622. The van der Waals surface area contributed by atoms with Crippen LogP contribution in [-0.4, -0.2) is 15.6 Å². The van der Waals surface area contributed by atoms with E-state index in [-0.39, 0.29) is 0 Å². The van der Waals surface area contributed by atoms with Crippen LogP contribution in [0.5, 0.6) is 5.88 Å². The Morgan fingerprint density at radius 3 is 2.75 bits per heavy atom. The van der Waals surface area contributed by atoms with Crippen molar-refractivity contribution in [2.45, 2.75) is 19.4 Å². The lowest BCUT2D eigenvalue weighted by molar-refractivity contribution is 0.161. The van der Waals surface area contributed by atoms with Crippen LogP contribution in [0.4, 0.5) is 0 Å². The van der Waals surface area contributed by atoms with Crippen molar-refractivity contribution >= 4 is 0 Å². The largest absolute Gasteiger partial charge is 0.455 e. The van der Waals surface area contributed by atoms with Crippen LogP contribution in [0.3, 0.4) is 0 Å². The highest BCUT2D eigenvalue weighted by Crippen LogP contribution is 2.12. The molecule has 1 aromatic heterocycles. The lowest BCUT2D eigenvalue weighted by Crippen LogP contribution is -2.25. The zero-order valence-corrected chi connectivity index (χ0v) is 6.98. The van der Waals surface area contributed by atoms with Crippen LogP contribution in [-0.2, 0) is 0 Å². The zero-order valence-electron chi connectivity index (χ0n) is 6.98. The minimum absolute atomic E-state index is 0.365. The van der Waals surface area contributed by atoms with Crippen molar-refractivity contribution in [1.29, 1.82) is 5.26 Å². The van der Waals surface area contributed by atoms with Crippen LogP contribution >= 0.6 is 0 Å². The Morgan fingerprint density at radius 2 is 2.25 bits per heavy atom. The van der Waals surface area contributed by atoms with Gasteiger partial charge in [-0.2, -0.15) is 5.26 Å². The average Bonchev–Trinajstić information content (AvgIpc) is 2.06. The standard InChI is InChI=1S/C8H9N3O/c1-8(2,6-9)12-7-5-10-3-4-11-7/h3-5H,1-2H3. The van der Waals surface area contributed by atoms with Crippen molar-refractivity contribution in [1.82, 2.24) is 9.97 Å². The van der Waals surface area contributed by atoms with Gasteiger partial charge < -0.3 is 4.74 Å². The summed E-state index contributed by atoms with van der Waals surface area (Å²) in [5, 5.41) is 8.63. The predicted molar refractivity (Wildman–Crippen MR) is 42.4 cm³/mol. The summed E-state index contributed by atoms with van der Waals surface area (Å²) in [6.07, 6.45) is 4.54. The minimum atomic E-state index is -0.851. The van der Waals surface area contributed by atoms with Crippen molar-refractivity contribution < 1.29 is 4.74 Å². The van der Waals surface area contributed by atoms with E-state index in [1.165, 1.54) is 12.4 Å². The van der Waals surface area contributed by atoms with Crippen LogP contribution in [0.25, 0.3) is 0 Å². The third-order valence-electron chi connectivity index (χ3n) is 1.17. The molecule has 0 aliphatic heterocycles. The first kappa shape index (κ1) is 8.47. The topological polar surface area (TPSA) is 58.8 Å². The molecule has 1 aromatic rings. The third-order valence-corrected chi connectivity index (χ3v) is 1.17. The third kappa shape index (κ3) is 2.20. The smallest absolute Gasteiger partial charge is 0.233 e. The molecule has 0 amide bonds. The van der Waals surface area contributed by atoms with E-state index in [0.717, 1.165) is 0 Å². The molecule has 0 fully saturated rings. The fraction of sp³-hybridized carbons (Fsp3) is 0.375. The highest BCUT2D eigenvalue weighted by molar-refractivity contribution is 5.07. The average molecular weight is 163 g/mol. The van der Waals surface area contributed by atoms with Crippen molar-refractivity contribution in [3.63, 3.8) is 0 Å². The van der Waals surface area contributed by atoms with Gasteiger partial charge in [0, 0.05) is 12.4 Å². The van der Waals surface area contributed by atoms with Gasteiger partial charge in [0.05, 0.1) is 6.20 Å². The molecule has 0 bridgehead atoms. The molecule has 0 atom stereocenters. The van der Waals surface area contributed by atoms with Gasteiger partial charge >= 0.3 is 0 Å². The fourth-order valence-corrected chi connectivity index (χ4v) is 0.622. The van der Waals surface area contributed by atoms with Crippen molar-refractivity contribution in [3.8, 4) is 11.9 Å². The van der Waals surface area contributed by atoms with E-state index < -0.39 is 5.60 Å². The molecule has 62 valence electrons. The summed E-state index contributed by atoms with van der Waals surface area (Å²) in [5.74, 6) is 0.365. The molecule has 1 heterocycles. The van der Waals surface area contributed by atoms with E-state index in [2.05, 4.69) is 9.97 Å². The van der Waals surface area contributed by atoms with Gasteiger partial charge in [-0.15, -0.1) is 0 Å². The number of hydrogen-bond donors (Lipinski definition) is 0. The lowest BCUT2D eigenvalue weighted by Gasteiger charge is -2.16. The van der Waals surface area contributed by atoms with Crippen molar-refractivity contribution in [2.75, 3.05) is 0 Å². The van der Waals surface area contributed by atoms with Gasteiger partial charge in [0.1, 0.15) is 6.07 Å². The molecule has 4 heteroatoms. The van der Waals surface area contributed by atoms with Gasteiger partial charge in [-0.05, 0) is 13.8 Å². The number of rotatable bonds is 2. The van der Waals surface area contributed by atoms with E-state index in [1.54, 1.807) is 20.0 Å². The Bertz CT molecular complexity index is 289. The Kier molecular flexibility index (Phi) is 2.24. The van der Waals surface area contributed by atoms with E-state index in [9.17, 15) is 0 Å². The van der Waals surface area contributed by atoms with Gasteiger partial charge in [-0.3, -0.25) is 4.98 Å². The Hall–Kier alpha value is -1.63. The Balaban J connectivity index is 2.72. The van der Waals surface area contributed by atoms with Crippen molar-refractivity contribution in [3.05, 3.63) is 18.6 Å². The molecule has 4 nitrogen and oxygen atoms in total. The summed E-state index contributed by atoms with van der Waals surface area (Å²) in [5.41, 5.74) is -0.851. The molecule has 0 saturated carbocycles. The quantitative estimate of drug-likeness (QED) is 0.656. The summed E-state index contributed by atoms with van der Waals surface area (Å²) in [4.78, 5) is 7.68. The van der Waals surface area contributed by atoms with Crippen LogP contribution in [0.1, 0.15) is 13.8 Å². The highest BCUT2D eigenvalue weighted by Gasteiger charge is 2.18. The second-order valence-electron chi connectivity index (χ2n) is 2.77. The van der Waals surface area contributed by atoms with E-state index in [0.29, 0.717) is 5.88 Å². The predicted octanol–water partition coefficient (Wildman–Crippen LogP) is 1.16. The molecule has 0 aromatic carbocycles. The second-order valence-corrected chi connectivity index (χ2v) is 2.77. The van der Waals surface area contributed by atoms with Gasteiger partial charge in [-0.25, -0.2) is 4.98 Å². The maximum atomic E-state index is 8.63. The first-order chi connectivity index (χ1) is 5.64. The summed E-state index contributed by atoms with van der Waals surface area (Å²) >= 11 is 0. The Morgan fingerprint density at radius 1 is 1.50 bits per heavy atom. The number of ether oxygens (including phenoxy) is 1. The summed E-state index contributed by atoms with van der Waals surface area (Å²) in [6, 6.07) is 2.00. The first-order valence-corrected chi connectivity index (χ1v) is 3.50. The van der Waals surface area contributed by atoms with E-state index >= 15 is 0 Å². The molecule has 0 N–H and O–H groups in total. The number of nitrogens with zero attached hydrogens (tertiary/aromatic N) is 3. The lowest BCUT2D eigenvalue weighted by atomic mass is 10.2. The number of aromatic nitrogens is 2. The second kappa shape index (κ2) is 3.18. The molecule has 12 heavy (non-hydrogen) atoms. The number of hydrogen-bond acceptors (Lipinski definition) is 4. The van der Waals surface area contributed by atoms with Crippen LogP contribution in [0, 0.1) is 11.3 Å². The SMILES string of the molecule is CC(C)(C#N)Oc1cnccn1. The number of nitriles is 1. The van der Waals surface area contributed by atoms with Crippen molar-refractivity contribution in [2.24, 2.45) is 0 Å². The monoisotopic (exact) mass is 163 g/mol. The van der Waals surface area contributed by atoms with Crippen LogP contribution in [0.2, 0.25) is 0 Å². The first-order valence-electron chi connectivity index (χ1n) is 3.50. The molecular weight excluding hydrogens is 154 g/mol. The minimum Gasteiger partial charge on any atom is -0.455 e. The molecule has 1 rings (SSSR count). The van der Waals surface area contributed by atoms with E-state index in [1.807, 2.05) is 6.07 Å². The molecule has 0 radical (unpaired) electrons. The van der Waals surface area contributed by atoms with Gasteiger partial charge in [0.2, 0.25) is 5.88 Å². The van der Waals surface area contributed by atoms with Crippen LogP contribution < -0.4 is 4.74 Å². The summed E-state index contributed by atoms with van der Waals surface area (Å²) < 4.78 is 5.22. The molecule has 0 unspecified atom stereocenters. The summed E-state index contributed by atoms with van der Waals surface area (Å²) in [6.45, 7) is 3.34. The van der Waals surface area contributed by atoms with E-state index in [4.69, 9.17) is 10.00 Å². The molecule has 0 aliphatic carbocycles. The van der Waals surface area contributed by atoms with Crippen LogP contribution in [0.15, 0.2) is 18.6 Å². The maximum Gasteiger partial charge on any atom is 0.233 e. The maximum absolute atomic E-state index is 8.63. The Labute approximate surface area is 70.8 Å². The zero-order chi connectivity index (χ0) is 9.03. The molecule has 0 spiro atoms. The molecule has 0 saturated heterocycles. The summed E-state index contributed by atoms with van der Waals surface area (Å²) in [7, 11) is 0. The highest BCUT2D eigenvalue weighted by atomic mass is 16.5. The van der Waals surface area contributed by atoms with Gasteiger partial charge in [-0.1, -0.05) is 0 Å².